The molecule has 1 N–H and O–H groups in total. The van der Waals surface area contributed by atoms with Crippen molar-refractivity contribution in [3.8, 4) is 0 Å². The van der Waals surface area contributed by atoms with Crippen molar-refractivity contribution < 1.29 is 9.90 Å². The summed E-state index contributed by atoms with van der Waals surface area (Å²) in [6.45, 7) is 0. The molecule has 0 bridgehead atoms. The van der Waals surface area contributed by atoms with Crippen LogP contribution in [0, 0.1) is 5.92 Å². The fraction of sp³-hybridized carbons (Fsp3) is 0.562. The average molecular weight is 246 g/mol. The predicted molar refractivity (Wildman–Crippen MR) is 72.2 cm³/mol. The minimum atomic E-state index is -0.637. The van der Waals surface area contributed by atoms with Crippen LogP contribution in [0.25, 0.3) is 0 Å². The van der Waals surface area contributed by atoms with Crippen molar-refractivity contribution in [3.63, 3.8) is 0 Å². The maximum atomic E-state index is 11.9. The lowest BCUT2D eigenvalue weighted by Crippen LogP contribution is -2.14. The minimum Gasteiger partial charge on any atom is -0.388 e. The molecule has 1 aromatic carbocycles. The molecule has 0 radical (unpaired) electrons. The second kappa shape index (κ2) is 6.69. The van der Waals surface area contributed by atoms with Gasteiger partial charge in [-0.3, -0.25) is 4.79 Å². The molecule has 1 fully saturated rings. The summed E-state index contributed by atoms with van der Waals surface area (Å²) in [6, 6.07) is 9.45. The number of carbonyl (C=O) groups is 1. The van der Waals surface area contributed by atoms with E-state index in [0.717, 1.165) is 5.56 Å². The molecule has 1 aliphatic rings. The third-order valence-electron chi connectivity index (χ3n) is 3.85. The van der Waals surface area contributed by atoms with E-state index in [9.17, 15) is 9.90 Å². The van der Waals surface area contributed by atoms with Gasteiger partial charge < -0.3 is 5.11 Å². The summed E-state index contributed by atoms with van der Waals surface area (Å²) in [5.74, 6) is 0.771. The summed E-state index contributed by atoms with van der Waals surface area (Å²) in [7, 11) is 0. The van der Waals surface area contributed by atoms with Crippen LogP contribution >= 0.6 is 0 Å². The molecule has 1 saturated carbocycles. The summed E-state index contributed by atoms with van der Waals surface area (Å²) in [6.07, 6.45) is 6.50. The van der Waals surface area contributed by atoms with Crippen molar-refractivity contribution in [2.45, 2.75) is 51.0 Å². The van der Waals surface area contributed by atoms with Crippen LogP contribution in [0.2, 0.25) is 0 Å². The number of Topliss-reactive ketones (excluding diaryl/α,β-unsaturated/α-hetero) is 1. The zero-order chi connectivity index (χ0) is 12.8. The highest BCUT2D eigenvalue weighted by Gasteiger charge is 2.19. The summed E-state index contributed by atoms with van der Waals surface area (Å²) >= 11 is 0. The van der Waals surface area contributed by atoms with Gasteiger partial charge in [0.05, 0.1) is 6.10 Å². The Morgan fingerprint density at radius 3 is 2.50 bits per heavy atom. The first-order valence-electron chi connectivity index (χ1n) is 7.00. The van der Waals surface area contributed by atoms with E-state index in [1.165, 1.54) is 32.1 Å². The van der Waals surface area contributed by atoms with Gasteiger partial charge in [0.2, 0.25) is 0 Å². The van der Waals surface area contributed by atoms with Crippen LogP contribution in [-0.2, 0) is 4.79 Å². The Kier molecular flexibility index (Phi) is 4.94. The van der Waals surface area contributed by atoms with Crippen molar-refractivity contribution >= 4 is 5.78 Å². The summed E-state index contributed by atoms with van der Waals surface area (Å²) in [5.41, 5.74) is 0.842. The molecule has 98 valence electrons. The maximum Gasteiger partial charge on any atom is 0.136 e. The molecule has 2 rings (SSSR count). The summed E-state index contributed by atoms with van der Waals surface area (Å²) in [5, 5.41) is 10.00. The van der Waals surface area contributed by atoms with E-state index in [0.29, 0.717) is 12.3 Å². The third kappa shape index (κ3) is 3.95. The molecule has 0 aromatic heterocycles. The molecule has 0 unspecified atom stereocenters. The van der Waals surface area contributed by atoms with Gasteiger partial charge in [0, 0.05) is 12.8 Å². The van der Waals surface area contributed by atoms with E-state index in [-0.39, 0.29) is 12.2 Å². The molecule has 2 nitrogen and oxygen atoms in total. The van der Waals surface area contributed by atoms with Crippen LogP contribution in [0.3, 0.4) is 0 Å². The van der Waals surface area contributed by atoms with Gasteiger partial charge in [0.1, 0.15) is 5.78 Å². The molecular formula is C16H22O2. The van der Waals surface area contributed by atoms with Gasteiger partial charge in [-0.1, -0.05) is 62.4 Å². The summed E-state index contributed by atoms with van der Waals surface area (Å²) < 4.78 is 0. The molecule has 2 heteroatoms. The average Bonchev–Trinajstić information content (AvgIpc) is 2.40. The number of aliphatic hydroxyl groups excluding tert-OH is 1. The van der Waals surface area contributed by atoms with Crippen LogP contribution in [-0.4, -0.2) is 10.9 Å². The highest BCUT2D eigenvalue weighted by Crippen LogP contribution is 2.28. The van der Waals surface area contributed by atoms with Crippen molar-refractivity contribution in [1.82, 2.24) is 0 Å². The molecule has 1 aliphatic carbocycles. The third-order valence-corrected chi connectivity index (χ3v) is 3.85. The monoisotopic (exact) mass is 246 g/mol. The Balaban J connectivity index is 1.80. The number of carbonyl (C=O) groups excluding carboxylic acids is 1. The SMILES string of the molecule is O=C(CC1CCCCC1)C[C@@H](O)c1ccccc1. The largest absolute Gasteiger partial charge is 0.388 e. The van der Waals surface area contributed by atoms with Gasteiger partial charge in [-0.25, -0.2) is 0 Å². The highest BCUT2D eigenvalue weighted by atomic mass is 16.3. The molecule has 0 heterocycles. The summed E-state index contributed by atoms with van der Waals surface area (Å²) in [4.78, 5) is 11.9. The Hall–Kier alpha value is -1.15. The predicted octanol–water partition coefficient (Wildman–Crippen LogP) is 3.65. The van der Waals surface area contributed by atoms with Gasteiger partial charge in [0.25, 0.3) is 0 Å². The number of benzene rings is 1. The van der Waals surface area contributed by atoms with Crippen LogP contribution < -0.4 is 0 Å². The first-order valence-corrected chi connectivity index (χ1v) is 7.00. The molecule has 0 amide bonds. The Labute approximate surface area is 109 Å². The Bertz CT molecular complexity index is 366. The van der Waals surface area contributed by atoms with Gasteiger partial charge in [-0.2, -0.15) is 0 Å². The number of ketones is 1. The van der Waals surface area contributed by atoms with E-state index in [1.807, 2.05) is 30.3 Å². The van der Waals surface area contributed by atoms with Gasteiger partial charge in [0.15, 0.2) is 0 Å². The second-order valence-electron chi connectivity index (χ2n) is 5.38. The van der Waals surface area contributed by atoms with E-state index < -0.39 is 6.10 Å². The van der Waals surface area contributed by atoms with Crippen LogP contribution in [0.15, 0.2) is 30.3 Å². The molecule has 1 aromatic rings. The lowest BCUT2D eigenvalue weighted by atomic mass is 9.85. The quantitative estimate of drug-likeness (QED) is 0.861. The first kappa shape index (κ1) is 13.3. The van der Waals surface area contributed by atoms with Gasteiger partial charge in [-0.15, -0.1) is 0 Å². The smallest absolute Gasteiger partial charge is 0.136 e. The lowest BCUT2D eigenvalue weighted by Gasteiger charge is -2.21. The van der Waals surface area contributed by atoms with Crippen molar-refractivity contribution in [1.29, 1.82) is 0 Å². The van der Waals surface area contributed by atoms with Crippen LogP contribution in [0.1, 0.15) is 56.6 Å². The minimum absolute atomic E-state index is 0.207. The molecular weight excluding hydrogens is 224 g/mol. The van der Waals surface area contributed by atoms with E-state index in [1.54, 1.807) is 0 Å². The first-order chi connectivity index (χ1) is 8.75. The van der Waals surface area contributed by atoms with Crippen molar-refractivity contribution in [2.75, 3.05) is 0 Å². The topological polar surface area (TPSA) is 37.3 Å². The molecule has 0 saturated heterocycles. The normalized spacial score (nSPS) is 18.5. The highest BCUT2D eigenvalue weighted by molar-refractivity contribution is 5.79. The Morgan fingerprint density at radius 1 is 1.17 bits per heavy atom. The van der Waals surface area contributed by atoms with Gasteiger partial charge >= 0.3 is 0 Å². The molecule has 0 aliphatic heterocycles. The van der Waals surface area contributed by atoms with E-state index in [2.05, 4.69) is 0 Å². The number of hydrogen-bond donors (Lipinski definition) is 1. The Morgan fingerprint density at radius 2 is 1.83 bits per heavy atom. The molecule has 18 heavy (non-hydrogen) atoms. The lowest BCUT2D eigenvalue weighted by molar-refractivity contribution is -0.122. The number of hydrogen-bond acceptors (Lipinski definition) is 2. The van der Waals surface area contributed by atoms with Crippen molar-refractivity contribution in [3.05, 3.63) is 35.9 Å². The zero-order valence-corrected chi connectivity index (χ0v) is 10.8. The van der Waals surface area contributed by atoms with E-state index >= 15 is 0 Å². The van der Waals surface area contributed by atoms with Crippen LogP contribution in [0.4, 0.5) is 0 Å². The van der Waals surface area contributed by atoms with E-state index in [4.69, 9.17) is 0 Å². The fourth-order valence-electron chi connectivity index (χ4n) is 2.81. The second-order valence-corrected chi connectivity index (χ2v) is 5.38. The number of aliphatic hydroxyl groups is 1. The fourth-order valence-corrected chi connectivity index (χ4v) is 2.81. The van der Waals surface area contributed by atoms with Crippen LogP contribution in [0.5, 0.6) is 0 Å². The molecule has 1 atom stereocenters. The van der Waals surface area contributed by atoms with Gasteiger partial charge in [-0.05, 0) is 11.5 Å². The number of rotatable bonds is 5. The van der Waals surface area contributed by atoms with Crippen molar-refractivity contribution in [2.24, 2.45) is 5.92 Å². The standard InChI is InChI=1S/C16H22O2/c17-15(11-13-7-3-1-4-8-13)12-16(18)14-9-5-2-6-10-14/h2,5-6,9-10,13,16,18H,1,3-4,7-8,11-12H2/t16-/m1/s1. The zero-order valence-electron chi connectivity index (χ0n) is 10.8. The maximum absolute atomic E-state index is 11.9. The molecule has 0 spiro atoms.